The largest absolute Gasteiger partial charge is 0.492 e. The van der Waals surface area contributed by atoms with Crippen molar-refractivity contribution >= 4 is 43.6 Å². The van der Waals surface area contributed by atoms with Crippen LogP contribution in [0.25, 0.3) is 0 Å². The van der Waals surface area contributed by atoms with Crippen LogP contribution in [0.1, 0.15) is 16.7 Å². The van der Waals surface area contributed by atoms with Gasteiger partial charge in [0, 0.05) is 25.5 Å². The molecule has 0 aliphatic carbocycles. The first-order chi connectivity index (χ1) is 10.2. The van der Waals surface area contributed by atoms with Crippen molar-refractivity contribution in [2.45, 2.75) is 28.8 Å². The van der Waals surface area contributed by atoms with Crippen molar-refractivity contribution in [2.75, 3.05) is 6.61 Å². The first kappa shape index (κ1) is 15.4. The van der Waals surface area contributed by atoms with Gasteiger partial charge in [0.15, 0.2) is 0 Å². The molecule has 0 fully saturated rings. The van der Waals surface area contributed by atoms with Gasteiger partial charge in [0.05, 0.1) is 0 Å². The van der Waals surface area contributed by atoms with E-state index in [1.54, 1.807) is 0 Å². The number of rotatable bonds is 4. The van der Waals surface area contributed by atoms with Gasteiger partial charge in [-0.1, -0.05) is 50.1 Å². The molecule has 0 bridgehead atoms. The molecule has 0 spiro atoms. The minimum absolute atomic E-state index is 0.508. The zero-order valence-electron chi connectivity index (χ0n) is 11.7. The second kappa shape index (κ2) is 6.76. The number of hydrogen-bond acceptors (Lipinski definition) is 2. The standard InChI is InChI=1S/C17H16Br2OS/c1-11-6-14(19)7-13(9-18)17(11)20-10-15-8-12-4-2-3-5-16(12)21-15/h2-7,15H,8-10H2,1H3. The molecule has 110 valence electrons. The molecule has 0 aromatic heterocycles. The Morgan fingerprint density at radius 1 is 1.29 bits per heavy atom. The molecule has 0 radical (unpaired) electrons. The highest BCUT2D eigenvalue weighted by Gasteiger charge is 2.23. The van der Waals surface area contributed by atoms with Crippen molar-refractivity contribution < 1.29 is 4.74 Å². The average Bonchev–Trinajstić information content (AvgIpc) is 2.88. The first-order valence-electron chi connectivity index (χ1n) is 6.89. The molecule has 0 amide bonds. The van der Waals surface area contributed by atoms with Crippen molar-refractivity contribution in [3.63, 3.8) is 0 Å². The van der Waals surface area contributed by atoms with Gasteiger partial charge in [0.1, 0.15) is 12.4 Å². The predicted molar refractivity (Wildman–Crippen MR) is 96.8 cm³/mol. The summed E-state index contributed by atoms with van der Waals surface area (Å²) in [7, 11) is 0. The molecule has 0 N–H and O–H groups in total. The summed E-state index contributed by atoms with van der Waals surface area (Å²) in [4.78, 5) is 1.40. The second-order valence-electron chi connectivity index (χ2n) is 5.21. The van der Waals surface area contributed by atoms with Crippen molar-refractivity contribution in [3.8, 4) is 5.75 Å². The summed E-state index contributed by atoms with van der Waals surface area (Å²) in [5, 5.41) is 1.31. The van der Waals surface area contributed by atoms with Crippen molar-refractivity contribution in [1.29, 1.82) is 0 Å². The monoisotopic (exact) mass is 426 g/mol. The molecule has 21 heavy (non-hydrogen) atoms. The van der Waals surface area contributed by atoms with E-state index in [0.717, 1.165) is 28.6 Å². The van der Waals surface area contributed by atoms with Gasteiger partial charge in [-0.25, -0.2) is 0 Å². The Morgan fingerprint density at radius 3 is 2.86 bits per heavy atom. The van der Waals surface area contributed by atoms with Crippen LogP contribution in [0.3, 0.4) is 0 Å². The van der Waals surface area contributed by atoms with Crippen LogP contribution in [0.5, 0.6) is 5.75 Å². The Labute approximate surface area is 146 Å². The van der Waals surface area contributed by atoms with Crippen LogP contribution >= 0.6 is 43.6 Å². The van der Waals surface area contributed by atoms with E-state index < -0.39 is 0 Å². The lowest BCUT2D eigenvalue weighted by atomic mass is 10.1. The van der Waals surface area contributed by atoms with E-state index in [0.29, 0.717) is 5.25 Å². The number of hydrogen-bond donors (Lipinski definition) is 0. The molecule has 0 saturated heterocycles. The third kappa shape index (κ3) is 3.49. The fraction of sp³-hybridized carbons (Fsp3) is 0.294. The van der Waals surface area contributed by atoms with Gasteiger partial charge in [-0.2, -0.15) is 0 Å². The zero-order valence-corrected chi connectivity index (χ0v) is 15.7. The summed E-state index contributed by atoms with van der Waals surface area (Å²) in [5.41, 5.74) is 3.83. The number of benzene rings is 2. The Morgan fingerprint density at radius 2 is 2.10 bits per heavy atom. The van der Waals surface area contributed by atoms with Gasteiger partial charge in [0.25, 0.3) is 0 Å². The summed E-state index contributed by atoms with van der Waals surface area (Å²) >= 11 is 9.02. The van der Waals surface area contributed by atoms with Gasteiger partial charge < -0.3 is 4.74 Å². The van der Waals surface area contributed by atoms with Gasteiger partial charge in [-0.05, 0) is 42.7 Å². The molecule has 2 aromatic rings. The van der Waals surface area contributed by atoms with Gasteiger partial charge in [-0.3, -0.25) is 0 Å². The van der Waals surface area contributed by atoms with Gasteiger partial charge in [-0.15, -0.1) is 11.8 Å². The molecule has 1 atom stereocenters. The zero-order chi connectivity index (χ0) is 14.8. The van der Waals surface area contributed by atoms with Crippen LogP contribution < -0.4 is 4.74 Å². The maximum atomic E-state index is 6.16. The third-order valence-electron chi connectivity index (χ3n) is 3.59. The normalized spacial score (nSPS) is 16.8. The van der Waals surface area contributed by atoms with Crippen LogP contribution in [0.2, 0.25) is 0 Å². The number of alkyl halides is 1. The minimum atomic E-state index is 0.508. The van der Waals surface area contributed by atoms with E-state index in [4.69, 9.17) is 4.74 Å². The van der Waals surface area contributed by atoms with Crippen LogP contribution in [0.4, 0.5) is 0 Å². The van der Waals surface area contributed by atoms with E-state index in [1.807, 2.05) is 11.8 Å². The molecule has 1 aliphatic rings. The Bertz CT molecular complexity index is 632. The lowest BCUT2D eigenvalue weighted by molar-refractivity contribution is 0.313. The lowest BCUT2D eigenvalue weighted by Gasteiger charge is -2.16. The molecular weight excluding hydrogens is 412 g/mol. The molecule has 4 heteroatoms. The number of halogens is 2. The molecule has 2 aromatic carbocycles. The molecule has 1 aliphatic heterocycles. The first-order valence-corrected chi connectivity index (χ1v) is 9.69. The van der Waals surface area contributed by atoms with Crippen LogP contribution in [-0.4, -0.2) is 11.9 Å². The summed E-state index contributed by atoms with van der Waals surface area (Å²) in [6.45, 7) is 2.85. The summed E-state index contributed by atoms with van der Waals surface area (Å²) in [6.07, 6.45) is 1.10. The van der Waals surface area contributed by atoms with E-state index in [2.05, 4.69) is 75.2 Å². The molecule has 1 unspecified atom stereocenters. The predicted octanol–water partition coefficient (Wildman–Crippen LogP) is 5.75. The lowest BCUT2D eigenvalue weighted by Crippen LogP contribution is -2.14. The fourth-order valence-electron chi connectivity index (χ4n) is 2.63. The average molecular weight is 428 g/mol. The quantitative estimate of drug-likeness (QED) is 0.574. The molecular formula is C17H16Br2OS. The smallest absolute Gasteiger partial charge is 0.126 e. The van der Waals surface area contributed by atoms with Crippen molar-refractivity contribution in [2.24, 2.45) is 0 Å². The number of thioether (sulfide) groups is 1. The molecule has 1 heterocycles. The van der Waals surface area contributed by atoms with Crippen LogP contribution in [0, 0.1) is 6.92 Å². The fourth-order valence-corrected chi connectivity index (χ4v) is 4.88. The molecule has 1 nitrogen and oxygen atoms in total. The van der Waals surface area contributed by atoms with Crippen molar-refractivity contribution in [3.05, 3.63) is 57.6 Å². The van der Waals surface area contributed by atoms with Crippen molar-refractivity contribution in [1.82, 2.24) is 0 Å². The Balaban J connectivity index is 1.70. The molecule has 0 saturated carbocycles. The van der Waals surface area contributed by atoms with E-state index in [-0.39, 0.29) is 0 Å². The molecule has 3 rings (SSSR count). The highest BCUT2D eigenvalue weighted by molar-refractivity contribution is 9.10. The van der Waals surface area contributed by atoms with Crippen LogP contribution in [-0.2, 0) is 11.8 Å². The highest BCUT2D eigenvalue weighted by Crippen LogP contribution is 2.37. The van der Waals surface area contributed by atoms with Crippen LogP contribution in [0.15, 0.2) is 45.8 Å². The number of aryl methyl sites for hydroxylation is 1. The summed E-state index contributed by atoms with van der Waals surface area (Å²) < 4.78 is 7.26. The maximum Gasteiger partial charge on any atom is 0.126 e. The van der Waals surface area contributed by atoms with Gasteiger partial charge in [0.2, 0.25) is 0 Å². The number of ether oxygens (including phenoxy) is 1. The maximum absolute atomic E-state index is 6.16. The van der Waals surface area contributed by atoms with E-state index >= 15 is 0 Å². The van der Waals surface area contributed by atoms with E-state index in [9.17, 15) is 0 Å². The topological polar surface area (TPSA) is 9.23 Å². The Kier molecular flexibility index (Phi) is 4.97. The Hall–Kier alpha value is -0.450. The SMILES string of the molecule is Cc1cc(Br)cc(CBr)c1OCC1Cc2ccccc2S1. The van der Waals surface area contributed by atoms with E-state index in [1.165, 1.54) is 21.6 Å². The summed E-state index contributed by atoms with van der Waals surface area (Å²) in [6, 6.07) is 12.9. The minimum Gasteiger partial charge on any atom is -0.492 e. The summed E-state index contributed by atoms with van der Waals surface area (Å²) in [5.74, 6) is 1.02. The highest BCUT2D eigenvalue weighted by atomic mass is 79.9. The number of fused-ring (bicyclic) bond motifs is 1. The second-order valence-corrected chi connectivity index (χ2v) is 8.03. The third-order valence-corrected chi connectivity index (χ3v) is 5.94. The van der Waals surface area contributed by atoms with Gasteiger partial charge >= 0.3 is 0 Å².